The SMILES string of the molecule is N#Cc1ccc2c(c1)c1ccccc1n2-c1c(C#N)cccc1-c1ccc(C2c3ccccc3C(c3ccccc3)(c3ccccc3)c3ccccc32)cc1. The minimum Gasteiger partial charge on any atom is -0.307 e. The van der Waals surface area contributed by atoms with Crippen LogP contribution < -0.4 is 0 Å². The maximum absolute atomic E-state index is 10.5. The lowest BCUT2D eigenvalue weighted by molar-refractivity contribution is 0.681. The van der Waals surface area contributed by atoms with Crippen LogP contribution in [0.3, 0.4) is 0 Å². The van der Waals surface area contributed by atoms with Gasteiger partial charge in [-0.05, 0) is 74.8 Å². The van der Waals surface area contributed by atoms with Crippen molar-refractivity contribution in [2.45, 2.75) is 11.3 Å². The lowest BCUT2D eigenvalue weighted by atomic mass is 9.57. The van der Waals surface area contributed by atoms with Crippen molar-refractivity contribution >= 4 is 21.8 Å². The molecule has 0 spiro atoms. The first kappa shape index (κ1) is 32.2. The highest BCUT2D eigenvalue weighted by Crippen LogP contribution is 2.55. The van der Waals surface area contributed by atoms with E-state index in [4.69, 9.17) is 0 Å². The Bertz CT molecular complexity index is 2910. The third kappa shape index (κ3) is 4.81. The quantitative estimate of drug-likeness (QED) is 0.180. The summed E-state index contributed by atoms with van der Waals surface area (Å²) in [5.41, 5.74) is 14.3. The minimum absolute atomic E-state index is 0.0126. The molecule has 3 heteroatoms. The number of hydrogen-bond donors (Lipinski definition) is 0. The fraction of sp³-hybridized carbons (Fsp3) is 0.0385. The van der Waals surface area contributed by atoms with Crippen molar-refractivity contribution in [2.24, 2.45) is 0 Å². The molecule has 0 N–H and O–H groups in total. The molecule has 10 rings (SSSR count). The summed E-state index contributed by atoms with van der Waals surface area (Å²) in [6, 6.07) is 73.5. The van der Waals surface area contributed by atoms with Gasteiger partial charge < -0.3 is 4.57 Å². The fourth-order valence-electron chi connectivity index (χ4n) is 9.26. The fourth-order valence-corrected chi connectivity index (χ4v) is 9.26. The predicted molar refractivity (Wildman–Crippen MR) is 221 cm³/mol. The Hall–Kier alpha value is -7.46. The summed E-state index contributed by atoms with van der Waals surface area (Å²) in [4.78, 5) is 0. The summed E-state index contributed by atoms with van der Waals surface area (Å²) in [6.45, 7) is 0. The second-order valence-corrected chi connectivity index (χ2v) is 14.2. The van der Waals surface area contributed by atoms with Gasteiger partial charge in [-0.1, -0.05) is 164 Å². The first-order valence-electron chi connectivity index (χ1n) is 18.6. The maximum atomic E-state index is 10.5. The first-order valence-corrected chi connectivity index (χ1v) is 18.6. The number of fused-ring (bicyclic) bond motifs is 5. The van der Waals surface area contributed by atoms with Gasteiger partial charge in [-0.2, -0.15) is 10.5 Å². The predicted octanol–water partition coefficient (Wildman–Crippen LogP) is 12.1. The van der Waals surface area contributed by atoms with Gasteiger partial charge in [0.15, 0.2) is 0 Å². The van der Waals surface area contributed by atoms with E-state index >= 15 is 0 Å². The Balaban J connectivity index is 1.16. The molecule has 55 heavy (non-hydrogen) atoms. The van der Waals surface area contributed by atoms with Crippen molar-refractivity contribution in [2.75, 3.05) is 0 Å². The van der Waals surface area contributed by atoms with E-state index in [0.29, 0.717) is 11.1 Å². The third-order valence-electron chi connectivity index (χ3n) is 11.5. The van der Waals surface area contributed by atoms with Crippen molar-refractivity contribution < 1.29 is 0 Å². The normalized spacial score (nSPS) is 13.1. The van der Waals surface area contributed by atoms with Gasteiger partial charge in [0, 0.05) is 22.3 Å². The van der Waals surface area contributed by atoms with Crippen LogP contribution in [0.2, 0.25) is 0 Å². The molecule has 0 fully saturated rings. The van der Waals surface area contributed by atoms with Crippen molar-refractivity contribution in [3.05, 3.63) is 244 Å². The largest absolute Gasteiger partial charge is 0.307 e. The summed E-state index contributed by atoms with van der Waals surface area (Å²) in [5, 5.41) is 22.3. The summed E-state index contributed by atoms with van der Waals surface area (Å²) in [6.07, 6.45) is 0. The average molecular weight is 700 g/mol. The number of rotatable bonds is 5. The summed E-state index contributed by atoms with van der Waals surface area (Å²) >= 11 is 0. The Labute approximate surface area is 320 Å². The van der Waals surface area contributed by atoms with Crippen LogP contribution in [0, 0.1) is 22.7 Å². The van der Waals surface area contributed by atoms with E-state index in [-0.39, 0.29) is 5.92 Å². The number of nitriles is 2. The molecule has 1 heterocycles. The van der Waals surface area contributed by atoms with E-state index in [1.807, 2.05) is 42.5 Å². The van der Waals surface area contributed by atoms with Gasteiger partial charge >= 0.3 is 0 Å². The molecule has 1 aromatic heterocycles. The van der Waals surface area contributed by atoms with Crippen molar-refractivity contribution in [1.29, 1.82) is 10.5 Å². The second kappa shape index (κ2) is 12.9. The molecular weight excluding hydrogens is 667 g/mol. The first-order chi connectivity index (χ1) is 27.2. The molecule has 0 radical (unpaired) electrons. The van der Waals surface area contributed by atoms with E-state index in [2.05, 4.69) is 168 Å². The van der Waals surface area contributed by atoms with E-state index in [1.165, 1.54) is 38.9 Å². The third-order valence-corrected chi connectivity index (χ3v) is 11.5. The molecule has 0 saturated carbocycles. The Kier molecular flexibility index (Phi) is 7.55. The van der Waals surface area contributed by atoms with Gasteiger partial charge in [0.25, 0.3) is 0 Å². The van der Waals surface area contributed by atoms with E-state index < -0.39 is 5.41 Å². The molecule has 0 amide bonds. The van der Waals surface area contributed by atoms with Crippen LogP contribution in [0.25, 0.3) is 38.6 Å². The molecule has 3 nitrogen and oxygen atoms in total. The highest BCUT2D eigenvalue weighted by molar-refractivity contribution is 6.10. The van der Waals surface area contributed by atoms with Crippen LogP contribution in [0.4, 0.5) is 0 Å². The highest BCUT2D eigenvalue weighted by atomic mass is 15.0. The summed E-state index contributed by atoms with van der Waals surface area (Å²) in [5.74, 6) is 0.0126. The number of benzene rings is 8. The standard InChI is InChI=1S/C52H33N3/c53-33-35-26-31-49-45(32-35)42-19-9-12-25-48(42)55(49)51-38(34-54)14-13-22-41(51)36-27-29-37(30-28-36)50-43-20-7-10-23-46(43)52(39-15-3-1-4-16-39,40-17-5-2-6-18-40)47-24-11-8-21-44(47)50/h1-32,50H. The van der Waals surface area contributed by atoms with Gasteiger partial charge in [-0.15, -0.1) is 0 Å². The van der Waals surface area contributed by atoms with E-state index in [1.54, 1.807) is 0 Å². The van der Waals surface area contributed by atoms with Crippen LogP contribution in [-0.4, -0.2) is 4.57 Å². The van der Waals surface area contributed by atoms with Gasteiger partial charge in [0.05, 0.1) is 39.3 Å². The van der Waals surface area contributed by atoms with Crippen LogP contribution in [0.1, 0.15) is 56.0 Å². The van der Waals surface area contributed by atoms with E-state index in [0.717, 1.165) is 38.6 Å². The zero-order valence-corrected chi connectivity index (χ0v) is 29.9. The molecular formula is C52H33N3. The molecule has 0 bridgehead atoms. The van der Waals surface area contributed by atoms with Crippen LogP contribution in [0.15, 0.2) is 194 Å². The van der Waals surface area contributed by atoms with Gasteiger partial charge in [-0.3, -0.25) is 0 Å². The van der Waals surface area contributed by atoms with Crippen molar-refractivity contribution in [1.82, 2.24) is 4.57 Å². The lowest BCUT2D eigenvalue weighted by Crippen LogP contribution is -2.37. The molecule has 0 saturated heterocycles. The monoisotopic (exact) mass is 699 g/mol. The molecule has 0 aliphatic heterocycles. The molecule has 8 aromatic carbocycles. The number of aromatic nitrogens is 1. The van der Waals surface area contributed by atoms with Gasteiger partial charge in [0.1, 0.15) is 6.07 Å². The minimum atomic E-state index is -0.491. The van der Waals surface area contributed by atoms with Crippen molar-refractivity contribution in [3.8, 4) is 29.0 Å². The molecule has 1 aliphatic carbocycles. The molecule has 0 unspecified atom stereocenters. The number of nitrogens with zero attached hydrogens (tertiary/aromatic N) is 3. The van der Waals surface area contributed by atoms with Crippen molar-refractivity contribution in [3.63, 3.8) is 0 Å². The average Bonchev–Trinajstić information content (AvgIpc) is 3.59. The van der Waals surface area contributed by atoms with Gasteiger partial charge in [-0.25, -0.2) is 0 Å². The lowest BCUT2D eigenvalue weighted by Gasteiger charge is -2.45. The summed E-state index contributed by atoms with van der Waals surface area (Å²) in [7, 11) is 0. The maximum Gasteiger partial charge on any atom is 0.101 e. The van der Waals surface area contributed by atoms with Crippen LogP contribution in [-0.2, 0) is 5.41 Å². The van der Waals surface area contributed by atoms with Crippen LogP contribution in [0.5, 0.6) is 0 Å². The topological polar surface area (TPSA) is 52.5 Å². The molecule has 1 aliphatic rings. The summed E-state index contributed by atoms with van der Waals surface area (Å²) < 4.78 is 2.19. The zero-order valence-electron chi connectivity index (χ0n) is 29.9. The Morgan fingerprint density at radius 1 is 0.473 bits per heavy atom. The second-order valence-electron chi connectivity index (χ2n) is 14.2. The van der Waals surface area contributed by atoms with Crippen LogP contribution >= 0.6 is 0 Å². The highest BCUT2D eigenvalue weighted by Gasteiger charge is 2.46. The Morgan fingerprint density at radius 2 is 1.05 bits per heavy atom. The Morgan fingerprint density at radius 3 is 1.69 bits per heavy atom. The molecule has 9 aromatic rings. The molecule has 0 atom stereocenters. The smallest absolute Gasteiger partial charge is 0.101 e. The molecule has 256 valence electrons. The number of para-hydroxylation sites is 2. The van der Waals surface area contributed by atoms with E-state index in [9.17, 15) is 10.5 Å². The number of hydrogen-bond acceptors (Lipinski definition) is 2. The van der Waals surface area contributed by atoms with Gasteiger partial charge in [0.2, 0.25) is 0 Å². The zero-order chi connectivity index (χ0) is 36.9.